The summed E-state index contributed by atoms with van der Waals surface area (Å²) in [5.74, 6) is 2.02. The van der Waals surface area contributed by atoms with Crippen LogP contribution in [0.25, 0.3) is 11.4 Å². The molecule has 1 saturated carbocycles. The number of aromatic nitrogens is 2. The minimum Gasteiger partial charge on any atom is -0.426 e. The third kappa shape index (κ3) is 4.19. The zero-order chi connectivity index (χ0) is 16.8. The predicted octanol–water partition coefficient (Wildman–Crippen LogP) is 4.66. The number of hydrogen-bond acceptors (Lipinski definition) is 4. The van der Waals surface area contributed by atoms with Crippen molar-refractivity contribution >= 4 is 5.97 Å². The summed E-state index contributed by atoms with van der Waals surface area (Å²) in [5.41, 5.74) is 0.912. The van der Waals surface area contributed by atoms with Gasteiger partial charge in [-0.15, -0.1) is 0 Å². The molecule has 1 aliphatic rings. The Kier molecular flexibility index (Phi) is 5.57. The first kappa shape index (κ1) is 16.6. The van der Waals surface area contributed by atoms with Gasteiger partial charge in [-0.3, -0.25) is 4.79 Å². The van der Waals surface area contributed by atoms with Crippen LogP contribution in [0.3, 0.4) is 0 Å². The van der Waals surface area contributed by atoms with E-state index >= 15 is 0 Å². The summed E-state index contributed by atoms with van der Waals surface area (Å²) in [4.78, 5) is 20.8. The summed E-state index contributed by atoms with van der Waals surface area (Å²) in [6.45, 7) is 2.23. The average Bonchev–Trinajstić information content (AvgIpc) is 2.64. The van der Waals surface area contributed by atoms with Crippen LogP contribution >= 0.6 is 0 Å². The smallest absolute Gasteiger partial charge is 0.314 e. The van der Waals surface area contributed by atoms with Crippen LogP contribution in [-0.2, 0) is 4.79 Å². The van der Waals surface area contributed by atoms with E-state index in [1.807, 2.05) is 24.3 Å². The number of benzene rings is 1. The summed E-state index contributed by atoms with van der Waals surface area (Å²) in [6, 6.07) is 9.18. The number of carbonyl (C=O) groups is 1. The molecule has 0 saturated heterocycles. The van der Waals surface area contributed by atoms with E-state index in [1.54, 1.807) is 18.5 Å². The SMILES string of the molecule is CCCC1CCC(C(=O)Oc2ccc(-c3ncccn3)cc2)CC1. The van der Waals surface area contributed by atoms with Crippen LogP contribution in [0.1, 0.15) is 45.4 Å². The zero-order valence-corrected chi connectivity index (χ0v) is 14.1. The van der Waals surface area contributed by atoms with Crippen molar-refractivity contribution in [1.82, 2.24) is 9.97 Å². The molecule has 1 fully saturated rings. The van der Waals surface area contributed by atoms with E-state index in [0.29, 0.717) is 11.6 Å². The van der Waals surface area contributed by atoms with Gasteiger partial charge in [-0.1, -0.05) is 19.8 Å². The summed E-state index contributed by atoms with van der Waals surface area (Å²) < 4.78 is 5.56. The fraction of sp³-hybridized carbons (Fsp3) is 0.450. The molecule has 0 radical (unpaired) electrons. The van der Waals surface area contributed by atoms with Crippen LogP contribution < -0.4 is 4.74 Å². The van der Waals surface area contributed by atoms with Crippen molar-refractivity contribution in [2.75, 3.05) is 0 Å². The number of ether oxygens (including phenoxy) is 1. The van der Waals surface area contributed by atoms with Crippen molar-refractivity contribution in [1.29, 1.82) is 0 Å². The third-order valence-corrected chi connectivity index (χ3v) is 4.77. The highest BCUT2D eigenvalue weighted by Crippen LogP contribution is 2.32. The van der Waals surface area contributed by atoms with Gasteiger partial charge in [-0.2, -0.15) is 0 Å². The summed E-state index contributed by atoms with van der Waals surface area (Å²) in [6.07, 6.45) is 10.2. The maximum atomic E-state index is 12.3. The molecule has 24 heavy (non-hydrogen) atoms. The molecule has 4 nitrogen and oxygen atoms in total. The van der Waals surface area contributed by atoms with Crippen LogP contribution in [-0.4, -0.2) is 15.9 Å². The molecule has 2 aromatic rings. The fourth-order valence-electron chi connectivity index (χ4n) is 3.41. The maximum Gasteiger partial charge on any atom is 0.314 e. The second-order valence-corrected chi connectivity index (χ2v) is 6.52. The normalized spacial score (nSPS) is 20.5. The molecule has 0 aliphatic heterocycles. The molecule has 0 spiro atoms. The third-order valence-electron chi connectivity index (χ3n) is 4.77. The molecule has 4 heteroatoms. The Morgan fingerprint density at radius 1 is 1.08 bits per heavy atom. The van der Waals surface area contributed by atoms with E-state index in [2.05, 4.69) is 16.9 Å². The molecule has 126 valence electrons. The molecule has 1 heterocycles. The predicted molar refractivity (Wildman–Crippen MR) is 93.5 cm³/mol. The highest BCUT2D eigenvalue weighted by Gasteiger charge is 2.27. The topological polar surface area (TPSA) is 52.1 Å². The van der Waals surface area contributed by atoms with E-state index < -0.39 is 0 Å². The number of esters is 1. The van der Waals surface area contributed by atoms with Gasteiger partial charge in [-0.25, -0.2) is 9.97 Å². The molecule has 0 N–H and O–H groups in total. The van der Waals surface area contributed by atoms with Gasteiger partial charge in [0.05, 0.1) is 5.92 Å². The van der Waals surface area contributed by atoms with Crippen molar-refractivity contribution < 1.29 is 9.53 Å². The molecular weight excluding hydrogens is 300 g/mol. The van der Waals surface area contributed by atoms with Crippen molar-refractivity contribution in [3.8, 4) is 17.1 Å². The molecule has 1 aliphatic carbocycles. The van der Waals surface area contributed by atoms with Crippen molar-refractivity contribution in [2.24, 2.45) is 11.8 Å². The lowest BCUT2D eigenvalue weighted by Gasteiger charge is -2.26. The van der Waals surface area contributed by atoms with Gasteiger partial charge < -0.3 is 4.74 Å². The minimum absolute atomic E-state index is 0.0511. The largest absolute Gasteiger partial charge is 0.426 e. The Bertz CT molecular complexity index is 647. The molecule has 0 atom stereocenters. The second kappa shape index (κ2) is 8.04. The molecule has 0 bridgehead atoms. The van der Waals surface area contributed by atoms with Gasteiger partial charge in [0.15, 0.2) is 5.82 Å². The van der Waals surface area contributed by atoms with E-state index in [4.69, 9.17) is 4.74 Å². The van der Waals surface area contributed by atoms with E-state index in [1.165, 1.54) is 12.8 Å². The molecule has 0 amide bonds. The lowest BCUT2D eigenvalue weighted by atomic mass is 9.80. The summed E-state index contributed by atoms with van der Waals surface area (Å²) in [7, 11) is 0. The molecular formula is C20H24N2O2. The van der Waals surface area contributed by atoms with E-state index in [9.17, 15) is 4.79 Å². The van der Waals surface area contributed by atoms with Gasteiger partial charge in [0, 0.05) is 18.0 Å². The Hall–Kier alpha value is -2.23. The summed E-state index contributed by atoms with van der Waals surface area (Å²) >= 11 is 0. The number of nitrogens with zero attached hydrogens (tertiary/aromatic N) is 2. The lowest BCUT2D eigenvalue weighted by molar-refractivity contribution is -0.140. The zero-order valence-electron chi connectivity index (χ0n) is 14.1. The Balaban J connectivity index is 1.55. The number of rotatable bonds is 5. The van der Waals surface area contributed by atoms with Crippen molar-refractivity contribution in [3.63, 3.8) is 0 Å². The quantitative estimate of drug-likeness (QED) is 0.593. The fourth-order valence-corrected chi connectivity index (χ4v) is 3.41. The second-order valence-electron chi connectivity index (χ2n) is 6.52. The van der Waals surface area contributed by atoms with E-state index in [-0.39, 0.29) is 11.9 Å². The first-order valence-electron chi connectivity index (χ1n) is 8.85. The summed E-state index contributed by atoms with van der Waals surface area (Å²) in [5, 5.41) is 0. The van der Waals surface area contributed by atoms with Gasteiger partial charge in [-0.05, 0) is 61.9 Å². The average molecular weight is 324 g/mol. The van der Waals surface area contributed by atoms with Crippen molar-refractivity contribution in [2.45, 2.75) is 45.4 Å². The maximum absolute atomic E-state index is 12.3. The number of hydrogen-bond donors (Lipinski definition) is 0. The standard InChI is InChI=1S/C20H24N2O2/c1-2-4-15-5-7-17(8-6-15)20(23)24-18-11-9-16(10-12-18)19-21-13-3-14-22-19/h3,9-15,17H,2,4-8H2,1H3. The van der Waals surface area contributed by atoms with Crippen LogP contribution in [0, 0.1) is 11.8 Å². The number of carbonyl (C=O) groups excluding carboxylic acids is 1. The monoisotopic (exact) mass is 324 g/mol. The highest BCUT2D eigenvalue weighted by molar-refractivity contribution is 5.75. The Labute approximate surface area is 143 Å². The van der Waals surface area contributed by atoms with Crippen LogP contribution in [0.2, 0.25) is 0 Å². The van der Waals surface area contributed by atoms with Gasteiger partial charge in [0.1, 0.15) is 5.75 Å². The van der Waals surface area contributed by atoms with Crippen LogP contribution in [0.15, 0.2) is 42.7 Å². The Morgan fingerprint density at radius 2 is 1.75 bits per heavy atom. The first-order valence-corrected chi connectivity index (χ1v) is 8.85. The lowest BCUT2D eigenvalue weighted by Crippen LogP contribution is -2.25. The van der Waals surface area contributed by atoms with Crippen LogP contribution in [0.4, 0.5) is 0 Å². The van der Waals surface area contributed by atoms with Gasteiger partial charge in [0.2, 0.25) is 0 Å². The molecule has 1 aromatic carbocycles. The molecule has 0 unspecified atom stereocenters. The van der Waals surface area contributed by atoms with Crippen LogP contribution in [0.5, 0.6) is 5.75 Å². The van der Waals surface area contributed by atoms with Gasteiger partial charge >= 0.3 is 5.97 Å². The molecule has 3 rings (SSSR count). The minimum atomic E-state index is -0.0892. The van der Waals surface area contributed by atoms with Crippen molar-refractivity contribution in [3.05, 3.63) is 42.7 Å². The highest BCUT2D eigenvalue weighted by atomic mass is 16.5. The van der Waals surface area contributed by atoms with Gasteiger partial charge in [0.25, 0.3) is 0 Å². The molecule has 1 aromatic heterocycles. The first-order chi connectivity index (χ1) is 11.8. The Morgan fingerprint density at radius 3 is 2.38 bits per heavy atom. The van der Waals surface area contributed by atoms with E-state index in [0.717, 1.165) is 37.2 Å².